The number of para-hydroxylation sites is 1. The zero-order chi connectivity index (χ0) is 24.0. The smallest absolute Gasteiger partial charge is 0.131 e. The van der Waals surface area contributed by atoms with E-state index in [1.807, 2.05) is 12.3 Å². The lowest BCUT2D eigenvalue weighted by molar-refractivity contribution is 0.104. The summed E-state index contributed by atoms with van der Waals surface area (Å²) in [6.07, 6.45) is 3.03. The Morgan fingerprint density at radius 1 is 1.00 bits per heavy atom. The Morgan fingerprint density at radius 2 is 1.79 bits per heavy atom. The molecule has 5 rings (SSSR count). The molecule has 176 valence electrons. The number of anilines is 1. The molecule has 0 spiro atoms. The Labute approximate surface area is 201 Å². The average Bonchev–Trinajstić information content (AvgIpc) is 3.26. The topological polar surface area (TPSA) is 37.0 Å². The van der Waals surface area contributed by atoms with Gasteiger partial charge in [0.2, 0.25) is 0 Å². The third kappa shape index (κ3) is 4.01. The molecule has 1 unspecified atom stereocenters. The summed E-state index contributed by atoms with van der Waals surface area (Å²) in [4.78, 5) is 3.43. The number of aromatic amines is 1. The van der Waals surface area contributed by atoms with Gasteiger partial charge < -0.3 is 15.0 Å². The fourth-order valence-electron chi connectivity index (χ4n) is 5.64. The summed E-state index contributed by atoms with van der Waals surface area (Å²) in [6, 6.07) is 16.3. The highest BCUT2D eigenvalue weighted by Gasteiger charge is 2.33. The summed E-state index contributed by atoms with van der Waals surface area (Å²) >= 11 is 0. The van der Waals surface area contributed by atoms with Crippen LogP contribution in [-0.2, 0) is 18.0 Å². The number of hydrogen-bond acceptors (Lipinski definition) is 2. The van der Waals surface area contributed by atoms with Crippen molar-refractivity contribution in [2.75, 3.05) is 5.32 Å². The molecule has 0 aliphatic carbocycles. The lowest BCUT2D eigenvalue weighted by Crippen LogP contribution is -2.37. The molecule has 1 aliphatic rings. The lowest BCUT2D eigenvalue weighted by atomic mass is 9.77. The van der Waals surface area contributed by atoms with E-state index in [2.05, 4.69) is 68.3 Å². The van der Waals surface area contributed by atoms with Crippen LogP contribution in [0.3, 0.4) is 0 Å². The molecule has 4 heteroatoms. The molecule has 4 aromatic rings. The molecule has 0 radical (unpaired) electrons. The Hall–Kier alpha value is -3.11. The number of aromatic nitrogens is 1. The molecule has 3 nitrogen and oxygen atoms in total. The largest absolute Gasteiger partial charge is 0.380 e. The van der Waals surface area contributed by atoms with E-state index in [4.69, 9.17) is 4.74 Å². The summed E-state index contributed by atoms with van der Waals surface area (Å²) in [5.41, 5.74) is 9.72. The molecule has 34 heavy (non-hydrogen) atoms. The number of ether oxygens (including phenoxy) is 1. The second-order valence-corrected chi connectivity index (χ2v) is 10.4. The number of aryl methyl sites for hydroxylation is 2. The van der Waals surface area contributed by atoms with Crippen molar-refractivity contribution in [1.29, 1.82) is 0 Å². The molecule has 1 atom stereocenters. The molecule has 1 aliphatic heterocycles. The third-order valence-electron chi connectivity index (χ3n) is 7.10. The van der Waals surface area contributed by atoms with Crippen molar-refractivity contribution < 1.29 is 9.13 Å². The van der Waals surface area contributed by atoms with Crippen LogP contribution in [0.2, 0.25) is 0 Å². The van der Waals surface area contributed by atoms with E-state index in [1.54, 1.807) is 19.1 Å². The fourth-order valence-corrected chi connectivity index (χ4v) is 5.64. The minimum absolute atomic E-state index is 0.0288. The number of hydrogen-bond donors (Lipinski definition) is 2. The maximum Gasteiger partial charge on any atom is 0.131 e. The first-order valence-corrected chi connectivity index (χ1v) is 12.1. The Bertz CT molecular complexity index is 1370. The van der Waals surface area contributed by atoms with E-state index in [9.17, 15) is 4.39 Å². The Balaban J connectivity index is 1.62. The monoisotopic (exact) mass is 456 g/mol. The zero-order valence-electron chi connectivity index (χ0n) is 20.7. The predicted molar refractivity (Wildman–Crippen MR) is 139 cm³/mol. The van der Waals surface area contributed by atoms with Crippen molar-refractivity contribution in [3.63, 3.8) is 0 Å². The molecule has 0 saturated carbocycles. The molecular formula is C30H33FN2O. The van der Waals surface area contributed by atoms with Gasteiger partial charge in [0.1, 0.15) is 5.82 Å². The van der Waals surface area contributed by atoms with E-state index in [0.29, 0.717) is 23.7 Å². The van der Waals surface area contributed by atoms with Gasteiger partial charge in [0.25, 0.3) is 0 Å². The highest BCUT2D eigenvalue weighted by Crippen LogP contribution is 2.46. The minimum atomic E-state index is -0.179. The van der Waals surface area contributed by atoms with Crippen molar-refractivity contribution in [3.8, 4) is 11.1 Å². The van der Waals surface area contributed by atoms with Gasteiger partial charge in [-0.1, -0.05) is 43.3 Å². The standard InChI is InChI=1S/C30H33FN2O/c1-18-8-6-10-22(27(18)31)16-34-17-25-24(23-11-7-9-21-12-13-32-29(21)23)14-19(2)28-26(25)20(3)15-30(4,5)33-28/h6-14,20,32-33H,15-17H2,1-5H3. The summed E-state index contributed by atoms with van der Waals surface area (Å²) in [6.45, 7) is 11.5. The van der Waals surface area contributed by atoms with Crippen LogP contribution in [-0.4, -0.2) is 10.5 Å². The number of nitrogens with one attached hydrogen (secondary N) is 2. The summed E-state index contributed by atoms with van der Waals surface area (Å²) in [7, 11) is 0. The fraction of sp³-hybridized carbons (Fsp3) is 0.333. The van der Waals surface area contributed by atoms with E-state index >= 15 is 0 Å². The maximum absolute atomic E-state index is 14.6. The van der Waals surface area contributed by atoms with Crippen molar-refractivity contribution in [2.24, 2.45) is 0 Å². The van der Waals surface area contributed by atoms with E-state index in [0.717, 1.165) is 11.9 Å². The van der Waals surface area contributed by atoms with Crippen LogP contribution in [0.15, 0.2) is 54.7 Å². The maximum atomic E-state index is 14.6. The van der Waals surface area contributed by atoms with Gasteiger partial charge in [-0.3, -0.25) is 0 Å². The van der Waals surface area contributed by atoms with E-state index in [1.165, 1.54) is 38.9 Å². The van der Waals surface area contributed by atoms with Gasteiger partial charge in [-0.25, -0.2) is 4.39 Å². The van der Waals surface area contributed by atoms with Crippen molar-refractivity contribution >= 4 is 16.6 Å². The zero-order valence-corrected chi connectivity index (χ0v) is 20.7. The first-order valence-electron chi connectivity index (χ1n) is 12.1. The highest BCUT2D eigenvalue weighted by atomic mass is 19.1. The van der Waals surface area contributed by atoms with Gasteiger partial charge >= 0.3 is 0 Å². The van der Waals surface area contributed by atoms with Crippen LogP contribution in [0.25, 0.3) is 22.0 Å². The van der Waals surface area contributed by atoms with Gasteiger partial charge in [0, 0.05) is 28.6 Å². The predicted octanol–water partition coefficient (Wildman–Crippen LogP) is 8.01. The minimum Gasteiger partial charge on any atom is -0.380 e. The van der Waals surface area contributed by atoms with Crippen LogP contribution >= 0.6 is 0 Å². The summed E-state index contributed by atoms with van der Waals surface area (Å²) in [5, 5.41) is 4.98. The molecule has 0 saturated heterocycles. The number of rotatable bonds is 5. The lowest BCUT2D eigenvalue weighted by Gasteiger charge is -2.40. The molecule has 2 heterocycles. The second-order valence-electron chi connectivity index (χ2n) is 10.4. The second kappa shape index (κ2) is 8.59. The number of benzene rings is 3. The number of halogens is 1. The first kappa shape index (κ1) is 22.7. The molecule has 3 aromatic carbocycles. The SMILES string of the molecule is Cc1cccc(COCc2c(-c3cccc4cc[nH]c34)cc(C)c3c2C(C)CC(C)(C)N3)c1F. The van der Waals surface area contributed by atoms with Gasteiger partial charge in [-0.2, -0.15) is 0 Å². The van der Waals surface area contributed by atoms with Crippen LogP contribution in [0.1, 0.15) is 60.9 Å². The first-order chi connectivity index (χ1) is 16.2. The van der Waals surface area contributed by atoms with Gasteiger partial charge in [0.15, 0.2) is 0 Å². The van der Waals surface area contributed by atoms with Crippen molar-refractivity contribution in [2.45, 2.75) is 65.7 Å². The van der Waals surface area contributed by atoms with Crippen molar-refractivity contribution in [1.82, 2.24) is 4.98 Å². The molecule has 0 fully saturated rings. The molecule has 0 bridgehead atoms. The van der Waals surface area contributed by atoms with Crippen LogP contribution < -0.4 is 5.32 Å². The quantitative estimate of drug-likeness (QED) is 0.319. The average molecular weight is 457 g/mol. The molecule has 0 amide bonds. The molecular weight excluding hydrogens is 423 g/mol. The van der Waals surface area contributed by atoms with Crippen LogP contribution in [0.4, 0.5) is 10.1 Å². The van der Waals surface area contributed by atoms with Gasteiger partial charge in [0.05, 0.1) is 18.7 Å². The molecule has 1 aromatic heterocycles. The summed E-state index contributed by atoms with van der Waals surface area (Å²) < 4.78 is 20.8. The van der Waals surface area contributed by atoms with Crippen LogP contribution in [0, 0.1) is 19.7 Å². The van der Waals surface area contributed by atoms with E-state index < -0.39 is 0 Å². The van der Waals surface area contributed by atoms with Crippen LogP contribution in [0.5, 0.6) is 0 Å². The normalized spacial score (nSPS) is 16.9. The third-order valence-corrected chi connectivity index (χ3v) is 7.10. The Morgan fingerprint density at radius 3 is 2.62 bits per heavy atom. The van der Waals surface area contributed by atoms with Gasteiger partial charge in [-0.15, -0.1) is 0 Å². The number of fused-ring (bicyclic) bond motifs is 2. The highest BCUT2D eigenvalue weighted by molar-refractivity contribution is 5.96. The molecule has 2 N–H and O–H groups in total. The summed E-state index contributed by atoms with van der Waals surface area (Å²) in [5.74, 6) is 0.198. The van der Waals surface area contributed by atoms with E-state index in [-0.39, 0.29) is 18.0 Å². The van der Waals surface area contributed by atoms with Crippen molar-refractivity contribution in [3.05, 3.63) is 88.4 Å². The number of H-pyrrole nitrogens is 1. The Kier molecular flexibility index (Phi) is 5.73. The van der Waals surface area contributed by atoms with Gasteiger partial charge in [-0.05, 0) is 85.4 Å².